The van der Waals surface area contributed by atoms with E-state index in [2.05, 4.69) is 10.3 Å². The molecule has 0 aliphatic rings. The molecule has 1 N–H and O–H groups in total. The molecule has 0 saturated heterocycles. The van der Waals surface area contributed by atoms with E-state index in [1.54, 1.807) is 6.07 Å². The van der Waals surface area contributed by atoms with Crippen LogP contribution in [0.2, 0.25) is 5.02 Å². The first-order chi connectivity index (χ1) is 8.66. The molecule has 0 amide bonds. The lowest BCUT2D eigenvalue weighted by molar-refractivity contribution is -0.385. The van der Waals surface area contributed by atoms with Gasteiger partial charge in [0.1, 0.15) is 12.0 Å². The van der Waals surface area contributed by atoms with Gasteiger partial charge in [-0.05, 0) is 17.7 Å². The lowest BCUT2D eigenvalue weighted by Gasteiger charge is -2.06. The summed E-state index contributed by atoms with van der Waals surface area (Å²) in [6, 6.07) is 10.4. The van der Waals surface area contributed by atoms with Crippen LogP contribution in [-0.2, 0) is 6.54 Å². The van der Waals surface area contributed by atoms with Gasteiger partial charge in [0.2, 0.25) is 0 Å². The number of anilines is 1. The predicted octanol–water partition coefficient (Wildman–Crippen LogP) is 3.26. The van der Waals surface area contributed by atoms with Crippen LogP contribution in [0.5, 0.6) is 0 Å². The minimum atomic E-state index is -0.481. The monoisotopic (exact) mass is 263 g/mol. The number of hydrogen-bond donors (Lipinski definition) is 1. The van der Waals surface area contributed by atoms with Crippen molar-refractivity contribution < 1.29 is 4.92 Å². The van der Waals surface area contributed by atoms with Crippen molar-refractivity contribution in [3.63, 3.8) is 0 Å². The molecule has 2 rings (SSSR count). The molecule has 0 atom stereocenters. The number of hydrogen-bond acceptors (Lipinski definition) is 4. The lowest BCUT2D eigenvalue weighted by atomic mass is 10.2. The number of nitrogens with one attached hydrogen (secondary N) is 1. The van der Waals surface area contributed by atoms with Gasteiger partial charge in [-0.2, -0.15) is 0 Å². The Morgan fingerprint density at radius 1 is 1.28 bits per heavy atom. The van der Waals surface area contributed by atoms with Crippen molar-refractivity contribution in [3.05, 3.63) is 63.3 Å². The third-order valence-electron chi connectivity index (χ3n) is 2.38. The molecule has 0 aliphatic heterocycles. The molecule has 92 valence electrons. The zero-order valence-corrected chi connectivity index (χ0v) is 10.1. The van der Waals surface area contributed by atoms with Gasteiger partial charge in [-0.1, -0.05) is 29.8 Å². The molecule has 1 heterocycles. The summed E-state index contributed by atoms with van der Waals surface area (Å²) in [6.45, 7) is 0.518. The van der Waals surface area contributed by atoms with Crippen molar-refractivity contribution >= 4 is 23.1 Å². The van der Waals surface area contributed by atoms with Crippen molar-refractivity contribution in [3.8, 4) is 0 Å². The topological polar surface area (TPSA) is 68.1 Å². The molecule has 2 aromatic rings. The van der Waals surface area contributed by atoms with Gasteiger partial charge in [0, 0.05) is 17.6 Å². The number of aromatic nitrogens is 1. The van der Waals surface area contributed by atoms with E-state index in [0.29, 0.717) is 17.4 Å². The average molecular weight is 264 g/mol. The maximum absolute atomic E-state index is 10.5. The molecule has 0 bridgehead atoms. The predicted molar refractivity (Wildman–Crippen MR) is 69.7 cm³/mol. The fraction of sp³-hybridized carbons (Fsp3) is 0.0833. The highest BCUT2D eigenvalue weighted by atomic mass is 35.5. The summed E-state index contributed by atoms with van der Waals surface area (Å²) in [7, 11) is 0. The van der Waals surface area contributed by atoms with Crippen molar-refractivity contribution in [2.24, 2.45) is 0 Å². The molecule has 0 aliphatic carbocycles. The van der Waals surface area contributed by atoms with Crippen molar-refractivity contribution in [1.82, 2.24) is 4.98 Å². The minimum Gasteiger partial charge on any atom is -0.366 e. The first kappa shape index (κ1) is 12.3. The molecule has 0 fully saturated rings. The minimum absolute atomic E-state index is 0.0294. The number of nitro groups is 1. The van der Waals surface area contributed by atoms with E-state index in [1.807, 2.05) is 24.3 Å². The molecule has 6 heteroatoms. The molecule has 18 heavy (non-hydrogen) atoms. The fourth-order valence-electron chi connectivity index (χ4n) is 1.43. The Morgan fingerprint density at radius 3 is 2.67 bits per heavy atom. The summed E-state index contributed by atoms with van der Waals surface area (Å²) < 4.78 is 0. The smallest absolute Gasteiger partial charge is 0.287 e. The molecular weight excluding hydrogens is 254 g/mol. The largest absolute Gasteiger partial charge is 0.366 e. The van der Waals surface area contributed by atoms with Crippen molar-refractivity contribution in [2.75, 3.05) is 5.32 Å². The van der Waals surface area contributed by atoms with E-state index in [9.17, 15) is 10.1 Å². The molecule has 0 spiro atoms. The first-order valence-corrected chi connectivity index (χ1v) is 5.62. The van der Waals surface area contributed by atoms with E-state index in [-0.39, 0.29) is 5.69 Å². The molecule has 1 aromatic carbocycles. The van der Waals surface area contributed by atoms with Crippen LogP contribution in [0.4, 0.5) is 11.5 Å². The Bertz CT molecular complexity index is 558. The van der Waals surface area contributed by atoms with Crippen LogP contribution >= 0.6 is 11.6 Å². The van der Waals surface area contributed by atoms with Gasteiger partial charge in [-0.15, -0.1) is 0 Å². The number of halogens is 1. The van der Waals surface area contributed by atoms with Gasteiger partial charge in [0.25, 0.3) is 5.69 Å². The third-order valence-corrected chi connectivity index (χ3v) is 2.75. The first-order valence-electron chi connectivity index (χ1n) is 5.24. The molecule has 5 nitrogen and oxygen atoms in total. The van der Waals surface area contributed by atoms with E-state index in [4.69, 9.17) is 11.6 Å². The summed E-state index contributed by atoms with van der Waals surface area (Å²) in [6.07, 6.45) is 1.22. The quantitative estimate of drug-likeness (QED) is 0.679. The van der Waals surface area contributed by atoms with Gasteiger partial charge < -0.3 is 5.32 Å². The van der Waals surface area contributed by atoms with Crippen LogP contribution in [0.25, 0.3) is 0 Å². The highest BCUT2D eigenvalue weighted by Gasteiger charge is 2.05. The van der Waals surface area contributed by atoms with Crippen LogP contribution < -0.4 is 5.32 Å². The average Bonchev–Trinajstić information content (AvgIpc) is 2.38. The van der Waals surface area contributed by atoms with E-state index >= 15 is 0 Å². The maximum atomic E-state index is 10.5. The zero-order chi connectivity index (χ0) is 13.0. The third kappa shape index (κ3) is 2.95. The SMILES string of the molecule is O=[N+]([O-])c1ccc(NCc2ccccc2Cl)nc1. The Balaban J connectivity index is 2.02. The van der Waals surface area contributed by atoms with E-state index in [1.165, 1.54) is 12.3 Å². The second-order valence-electron chi connectivity index (χ2n) is 3.60. The molecule has 0 unspecified atom stereocenters. The van der Waals surface area contributed by atoms with Gasteiger partial charge in [-0.3, -0.25) is 10.1 Å². The molecule has 0 saturated carbocycles. The van der Waals surface area contributed by atoms with Crippen LogP contribution in [0.15, 0.2) is 42.6 Å². The lowest BCUT2D eigenvalue weighted by Crippen LogP contribution is -2.02. The molecular formula is C12H10ClN3O2. The Kier molecular flexibility index (Phi) is 3.74. The summed E-state index contributed by atoms with van der Waals surface area (Å²) >= 11 is 6.01. The Labute approximate surface area is 109 Å². The van der Waals surface area contributed by atoms with Gasteiger partial charge in [0.15, 0.2) is 0 Å². The molecule has 0 radical (unpaired) electrons. The highest BCUT2D eigenvalue weighted by molar-refractivity contribution is 6.31. The number of rotatable bonds is 4. The van der Waals surface area contributed by atoms with Crippen LogP contribution in [0, 0.1) is 10.1 Å². The Morgan fingerprint density at radius 2 is 2.06 bits per heavy atom. The Hall–Kier alpha value is -2.14. The summed E-state index contributed by atoms with van der Waals surface area (Å²) in [5.41, 5.74) is 0.914. The number of nitrogens with zero attached hydrogens (tertiary/aromatic N) is 2. The van der Waals surface area contributed by atoms with Crippen LogP contribution in [-0.4, -0.2) is 9.91 Å². The summed E-state index contributed by atoms with van der Waals surface area (Å²) in [4.78, 5) is 13.9. The van der Waals surface area contributed by atoms with E-state index in [0.717, 1.165) is 5.56 Å². The second kappa shape index (κ2) is 5.46. The highest BCUT2D eigenvalue weighted by Crippen LogP contribution is 2.17. The van der Waals surface area contributed by atoms with Crippen molar-refractivity contribution in [1.29, 1.82) is 0 Å². The zero-order valence-electron chi connectivity index (χ0n) is 9.34. The fourth-order valence-corrected chi connectivity index (χ4v) is 1.63. The van der Waals surface area contributed by atoms with Crippen LogP contribution in [0.1, 0.15) is 5.56 Å². The number of benzene rings is 1. The van der Waals surface area contributed by atoms with Gasteiger partial charge >= 0.3 is 0 Å². The number of pyridine rings is 1. The van der Waals surface area contributed by atoms with Gasteiger partial charge in [-0.25, -0.2) is 4.98 Å². The second-order valence-corrected chi connectivity index (χ2v) is 4.01. The summed E-state index contributed by atoms with van der Waals surface area (Å²) in [5.74, 6) is 0.570. The normalized spacial score (nSPS) is 10.1. The summed E-state index contributed by atoms with van der Waals surface area (Å²) in [5, 5.41) is 14.2. The maximum Gasteiger partial charge on any atom is 0.287 e. The molecule has 1 aromatic heterocycles. The van der Waals surface area contributed by atoms with Crippen LogP contribution in [0.3, 0.4) is 0 Å². The van der Waals surface area contributed by atoms with Crippen molar-refractivity contribution in [2.45, 2.75) is 6.54 Å². The van der Waals surface area contributed by atoms with E-state index < -0.39 is 4.92 Å². The van der Waals surface area contributed by atoms with Gasteiger partial charge in [0.05, 0.1) is 4.92 Å². The standard InChI is InChI=1S/C12H10ClN3O2/c13-11-4-2-1-3-9(11)7-14-12-6-5-10(8-15-12)16(17)18/h1-6,8H,7H2,(H,14,15).